The number of hydrogen-bond acceptors (Lipinski definition) is 4. The van der Waals surface area contributed by atoms with Crippen molar-refractivity contribution in [2.24, 2.45) is 0 Å². The van der Waals surface area contributed by atoms with Crippen LogP contribution in [0.15, 0.2) is 89.5 Å². The van der Waals surface area contributed by atoms with Crippen LogP contribution in [0.1, 0.15) is 16.4 Å². The molecule has 0 aliphatic heterocycles. The zero-order valence-electron chi connectivity index (χ0n) is 16.8. The molecule has 6 heteroatoms. The molecule has 31 heavy (non-hydrogen) atoms. The lowest BCUT2D eigenvalue weighted by Crippen LogP contribution is -2.25. The van der Waals surface area contributed by atoms with Crippen LogP contribution in [0, 0.1) is 0 Å². The SMILES string of the molecule is O=C(NCc1nc2ccccc2n1CCOc1cccc2ccccc12)c1ccco1. The van der Waals surface area contributed by atoms with Gasteiger partial charge < -0.3 is 19.0 Å². The van der Waals surface area contributed by atoms with E-state index in [0.717, 1.165) is 33.4 Å². The first-order valence-corrected chi connectivity index (χ1v) is 10.2. The molecular formula is C25H21N3O3. The van der Waals surface area contributed by atoms with Gasteiger partial charge in [0.25, 0.3) is 5.91 Å². The topological polar surface area (TPSA) is 69.3 Å². The summed E-state index contributed by atoms with van der Waals surface area (Å²) in [4.78, 5) is 17.0. The van der Waals surface area contributed by atoms with Crippen LogP contribution in [0.4, 0.5) is 0 Å². The van der Waals surface area contributed by atoms with E-state index in [1.165, 1.54) is 6.26 Å². The Morgan fingerprint density at radius 1 is 0.968 bits per heavy atom. The van der Waals surface area contributed by atoms with E-state index in [1.54, 1.807) is 12.1 Å². The summed E-state index contributed by atoms with van der Waals surface area (Å²) in [7, 11) is 0. The van der Waals surface area contributed by atoms with E-state index >= 15 is 0 Å². The number of ether oxygens (including phenoxy) is 1. The number of carbonyl (C=O) groups is 1. The highest BCUT2D eigenvalue weighted by Crippen LogP contribution is 2.25. The molecule has 3 aromatic carbocycles. The Labute approximate surface area is 179 Å². The van der Waals surface area contributed by atoms with Crippen LogP contribution in [0.2, 0.25) is 0 Å². The molecule has 2 aromatic heterocycles. The fourth-order valence-electron chi connectivity index (χ4n) is 3.73. The number of rotatable bonds is 7. The van der Waals surface area contributed by atoms with Crippen LogP contribution in [-0.4, -0.2) is 22.1 Å². The van der Waals surface area contributed by atoms with Gasteiger partial charge in [-0.3, -0.25) is 4.79 Å². The summed E-state index contributed by atoms with van der Waals surface area (Å²) in [6.45, 7) is 1.38. The Balaban J connectivity index is 1.34. The summed E-state index contributed by atoms with van der Waals surface area (Å²) in [6, 6.07) is 25.5. The molecule has 0 saturated heterocycles. The first kappa shape index (κ1) is 18.9. The third kappa shape index (κ3) is 3.88. The summed E-state index contributed by atoms with van der Waals surface area (Å²) < 4.78 is 13.4. The van der Waals surface area contributed by atoms with Gasteiger partial charge in [0.05, 0.1) is 30.4 Å². The van der Waals surface area contributed by atoms with Crippen molar-refractivity contribution in [3.05, 3.63) is 96.7 Å². The van der Waals surface area contributed by atoms with E-state index in [9.17, 15) is 4.79 Å². The predicted molar refractivity (Wildman–Crippen MR) is 119 cm³/mol. The standard InChI is InChI=1S/C25H21N3O3/c29-25(23-13-6-15-30-23)26-17-24-27-20-10-3-4-11-21(20)28(24)14-16-31-22-12-5-8-18-7-1-2-9-19(18)22/h1-13,15H,14,16-17H2,(H,26,29). The number of carbonyl (C=O) groups excluding carboxylic acids is 1. The second-order valence-electron chi connectivity index (χ2n) is 7.15. The number of para-hydroxylation sites is 2. The molecule has 0 spiro atoms. The van der Waals surface area contributed by atoms with Crippen LogP contribution < -0.4 is 10.1 Å². The minimum Gasteiger partial charge on any atom is -0.491 e. The van der Waals surface area contributed by atoms with E-state index in [2.05, 4.69) is 28.1 Å². The predicted octanol–water partition coefficient (Wildman–Crippen LogP) is 4.79. The monoisotopic (exact) mass is 411 g/mol. The minimum absolute atomic E-state index is 0.268. The molecular weight excluding hydrogens is 390 g/mol. The molecule has 1 amide bonds. The highest BCUT2D eigenvalue weighted by Gasteiger charge is 2.14. The van der Waals surface area contributed by atoms with Crippen molar-refractivity contribution in [2.45, 2.75) is 13.1 Å². The number of nitrogens with one attached hydrogen (secondary N) is 1. The quantitative estimate of drug-likeness (QED) is 0.418. The molecule has 0 bridgehead atoms. The number of hydrogen-bond donors (Lipinski definition) is 1. The molecule has 0 saturated carbocycles. The van der Waals surface area contributed by atoms with E-state index in [-0.39, 0.29) is 11.7 Å². The van der Waals surface area contributed by atoms with E-state index in [0.29, 0.717) is 19.7 Å². The maximum Gasteiger partial charge on any atom is 0.287 e. The average molecular weight is 411 g/mol. The zero-order chi connectivity index (χ0) is 21.0. The summed E-state index contributed by atoms with van der Waals surface area (Å²) in [6.07, 6.45) is 1.48. The van der Waals surface area contributed by atoms with E-state index in [4.69, 9.17) is 14.1 Å². The Morgan fingerprint density at radius 2 is 1.81 bits per heavy atom. The lowest BCUT2D eigenvalue weighted by atomic mass is 10.1. The van der Waals surface area contributed by atoms with Gasteiger partial charge in [0.2, 0.25) is 0 Å². The fraction of sp³-hybridized carbons (Fsp3) is 0.120. The molecule has 2 heterocycles. The largest absolute Gasteiger partial charge is 0.491 e. The second kappa shape index (κ2) is 8.36. The van der Waals surface area contributed by atoms with Crippen molar-refractivity contribution in [3.63, 3.8) is 0 Å². The molecule has 5 rings (SSSR count). The summed E-state index contributed by atoms with van der Waals surface area (Å²) >= 11 is 0. The van der Waals surface area contributed by atoms with Gasteiger partial charge in [-0.1, -0.05) is 48.5 Å². The van der Waals surface area contributed by atoms with Crippen LogP contribution in [0.3, 0.4) is 0 Å². The maximum atomic E-state index is 12.3. The van der Waals surface area contributed by atoms with Gasteiger partial charge in [-0.05, 0) is 35.7 Å². The van der Waals surface area contributed by atoms with Crippen molar-refractivity contribution >= 4 is 27.7 Å². The zero-order valence-corrected chi connectivity index (χ0v) is 16.8. The number of nitrogens with zero attached hydrogens (tertiary/aromatic N) is 2. The average Bonchev–Trinajstić information content (AvgIpc) is 3.46. The molecule has 0 aliphatic carbocycles. The number of aromatic nitrogens is 2. The Bertz CT molecular complexity index is 1330. The molecule has 0 unspecified atom stereocenters. The van der Waals surface area contributed by atoms with Gasteiger partial charge in [0, 0.05) is 5.39 Å². The van der Waals surface area contributed by atoms with Gasteiger partial charge in [-0.15, -0.1) is 0 Å². The number of imidazole rings is 1. The lowest BCUT2D eigenvalue weighted by Gasteiger charge is -2.12. The molecule has 0 atom stereocenters. The normalized spacial score (nSPS) is 11.1. The van der Waals surface area contributed by atoms with Gasteiger partial charge in [0.1, 0.15) is 18.2 Å². The van der Waals surface area contributed by atoms with Crippen molar-refractivity contribution in [1.29, 1.82) is 0 Å². The van der Waals surface area contributed by atoms with Gasteiger partial charge in [0.15, 0.2) is 5.76 Å². The highest BCUT2D eigenvalue weighted by molar-refractivity contribution is 5.91. The van der Waals surface area contributed by atoms with Crippen LogP contribution in [0.5, 0.6) is 5.75 Å². The van der Waals surface area contributed by atoms with Crippen molar-refractivity contribution in [1.82, 2.24) is 14.9 Å². The molecule has 6 nitrogen and oxygen atoms in total. The summed E-state index contributed by atoms with van der Waals surface area (Å²) in [5.74, 6) is 1.63. The first-order valence-electron chi connectivity index (χ1n) is 10.2. The molecule has 5 aromatic rings. The molecule has 0 fully saturated rings. The number of amides is 1. The summed E-state index contributed by atoms with van der Waals surface area (Å²) in [5, 5.41) is 5.12. The smallest absolute Gasteiger partial charge is 0.287 e. The Kier molecular flexibility index (Phi) is 5.10. The summed E-state index contributed by atoms with van der Waals surface area (Å²) in [5.41, 5.74) is 1.89. The lowest BCUT2D eigenvalue weighted by molar-refractivity contribution is 0.0921. The van der Waals surface area contributed by atoms with Crippen LogP contribution >= 0.6 is 0 Å². The fourth-order valence-corrected chi connectivity index (χ4v) is 3.73. The molecule has 1 N–H and O–H groups in total. The Hall–Kier alpha value is -4.06. The number of furan rings is 1. The molecule has 0 radical (unpaired) electrons. The number of fused-ring (bicyclic) bond motifs is 2. The van der Waals surface area contributed by atoms with Crippen LogP contribution in [-0.2, 0) is 13.1 Å². The molecule has 0 aliphatic rings. The molecule has 154 valence electrons. The third-order valence-corrected chi connectivity index (χ3v) is 5.21. The second-order valence-corrected chi connectivity index (χ2v) is 7.15. The van der Waals surface area contributed by atoms with Crippen LogP contribution in [0.25, 0.3) is 21.8 Å². The first-order chi connectivity index (χ1) is 15.3. The maximum absolute atomic E-state index is 12.3. The highest BCUT2D eigenvalue weighted by atomic mass is 16.5. The van der Waals surface area contributed by atoms with Crippen molar-refractivity contribution < 1.29 is 13.9 Å². The van der Waals surface area contributed by atoms with Crippen molar-refractivity contribution in [2.75, 3.05) is 6.61 Å². The van der Waals surface area contributed by atoms with E-state index < -0.39 is 0 Å². The van der Waals surface area contributed by atoms with E-state index in [1.807, 2.05) is 48.5 Å². The van der Waals surface area contributed by atoms with Gasteiger partial charge >= 0.3 is 0 Å². The Morgan fingerprint density at radius 3 is 2.71 bits per heavy atom. The minimum atomic E-state index is -0.268. The van der Waals surface area contributed by atoms with Crippen molar-refractivity contribution in [3.8, 4) is 5.75 Å². The third-order valence-electron chi connectivity index (χ3n) is 5.21. The van der Waals surface area contributed by atoms with Gasteiger partial charge in [-0.25, -0.2) is 4.98 Å². The number of benzene rings is 3. The van der Waals surface area contributed by atoms with Gasteiger partial charge in [-0.2, -0.15) is 0 Å².